The SMILES string of the molecule is CSCC(NC(=O)c1cc2ccccc2n1C)C(=O)NCC#N. The Kier molecular flexibility index (Phi) is 5.66. The van der Waals surface area contributed by atoms with Gasteiger partial charge >= 0.3 is 0 Å². The summed E-state index contributed by atoms with van der Waals surface area (Å²) >= 11 is 1.45. The molecular formula is C16H18N4O2S. The molecule has 2 N–H and O–H groups in total. The molecule has 0 saturated heterocycles. The van der Waals surface area contributed by atoms with Gasteiger partial charge in [-0.25, -0.2) is 0 Å². The minimum absolute atomic E-state index is 0.0758. The Hall–Kier alpha value is -2.46. The molecule has 1 aromatic heterocycles. The molecule has 2 aromatic rings. The molecule has 0 aliphatic heterocycles. The maximum absolute atomic E-state index is 12.5. The van der Waals surface area contributed by atoms with Crippen molar-refractivity contribution in [2.45, 2.75) is 6.04 Å². The summed E-state index contributed by atoms with van der Waals surface area (Å²) in [6.45, 7) is -0.0758. The van der Waals surface area contributed by atoms with Crippen molar-refractivity contribution in [1.82, 2.24) is 15.2 Å². The molecule has 1 unspecified atom stereocenters. The first-order valence-electron chi connectivity index (χ1n) is 7.07. The molecule has 0 aliphatic carbocycles. The van der Waals surface area contributed by atoms with Crippen molar-refractivity contribution in [2.24, 2.45) is 7.05 Å². The molecule has 0 spiro atoms. The Morgan fingerprint density at radius 1 is 1.39 bits per heavy atom. The maximum atomic E-state index is 12.5. The van der Waals surface area contributed by atoms with E-state index < -0.39 is 6.04 Å². The van der Waals surface area contributed by atoms with Gasteiger partial charge in [-0.2, -0.15) is 17.0 Å². The van der Waals surface area contributed by atoms with E-state index in [0.717, 1.165) is 10.9 Å². The van der Waals surface area contributed by atoms with Gasteiger partial charge in [0, 0.05) is 23.7 Å². The number of para-hydroxylation sites is 1. The molecule has 1 atom stereocenters. The van der Waals surface area contributed by atoms with Crippen molar-refractivity contribution in [3.8, 4) is 6.07 Å². The fourth-order valence-electron chi connectivity index (χ4n) is 2.34. The number of carbonyl (C=O) groups is 2. The molecule has 0 fully saturated rings. The van der Waals surface area contributed by atoms with Crippen molar-refractivity contribution >= 4 is 34.5 Å². The van der Waals surface area contributed by atoms with Crippen molar-refractivity contribution in [3.05, 3.63) is 36.0 Å². The van der Waals surface area contributed by atoms with Crippen LogP contribution in [-0.2, 0) is 11.8 Å². The van der Waals surface area contributed by atoms with Crippen LogP contribution < -0.4 is 10.6 Å². The number of thioether (sulfide) groups is 1. The number of amides is 2. The molecule has 7 heteroatoms. The third-order valence-corrected chi connectivity index (χ3v) is 4.15. The summed E-state index contributed by atoms with van der Waals surface area (Å²) in [5, 5.41) is 14.7. The van der Waals surface area contributed by atoms with Gasteiger partial charge in [-0.15, -0.1) is 0 Å². The number of fused-ring (bicyclic) bond motifs is 1. The van der Waals surface area contributed by atoms with Crippen LogP contribution in [-0.4, -0.2) is 41.0 Å². The zero-order chi connectivity index (χ0) is 16.8. The lowest BCUT2D eigenvalue weighted by Gasteiger charge is -2.17. The Labute approximate surface area is 138 Å². The number of nitriles is 1. The van der Waals surface area contributed by atoms with Crippen LogP contribution in [0.4, 0.5) is 0 Å². The lowest BCUT2D eigenvalue weighted by atomic mass is 10.2. The number of hydrogen-bond donors (Lipinski definition) is 2. The summed E-state index contributed by atoms with van der Waals surface area (Å²) in [5.41, 5.74) is 1.44. The van der Waals surface area contributed by atoms with Crippen LogP contribution in [0.2, 0.25) is 0 Å². The summed E-state index contributed by atoms with van der Waals surface area (Å²) in [5.74, 6) is -0.227. The van der Waals surface area contributed by atoms with E-state index in [-0.39, 0.29) is 18.4 Å². The van der Waals surface area contributed by atoms with Crippen molar-refractivity contribution < 1.29 is 9.59 Å². The first-order chi connectivity index (χ1) is 11.1. The molecule has 1 aromatic carbocycles. The predicted molar refractivity (Wildman–Crippen MR) is 91.2 cm³/mol. The average Bonchev–Trinajstić information content (AvgIpc) is 2.89. The van der Waals surface area contributed by atoms with Gasteiger partial charge in [-0.3, -0.25) is 9.59 Å². The number of aromatic nitrogens is 1. The first kappa shape index (κ1) is 16.9. The van der Waals surface area contributed by atoms with Crippen molar-refractivity contribution in [1.29, 1.82) is 5.26 Å². The fourth-order valence-corrected chi connectivity index (χ4v) is 2.91. The van der Waals surface area contributed by atoms with E-state index in [1.54, 1.807) is 10.6 Å². The number of aryl methyl sites for hydroxylation is 1. The van der Waals surface area contributed by atoms with Gasteiger partial charge in [0.25, 0.3) is 5.91 Å². The molecule has 0 radical (unpaired) electrons. The van der Waals surface area contributed by atoms with Crippen LogP contribution in [0.1, 0.15) is 10.5 Å². The molecule has 2 rings (SSSR count). The quantitative estimate of drug-likeness (QED) is 0.781. The van der Waals surface area contributed by atoms with Gasteiger partial charge < -0.3 is 15.2 Å². The zero-order valence-electron chi connectivity index (χ0n) is 13.0. The van der Waals surface area contributed by atoms with Crippen molar-refractivity contribution in [2.75, 3.05) is 18.6 Å². The van der Waals surface area contributed by atoms with Crippen molar-refractivity contribution in [3.63, 3.8) is 0 Å². The van der Waals surface area contributed by atoms with E-state index in [0.29, 0.717) is 11.4 Å². The van der Waals surface area contributed by atoms with Gasteiger partial charge in [-0.1, -0.05) is 18.2 Å². The van der Waals surface area contributed by atoms with Crippen LogP contribution in [0.5, 0.6) is 0 Å². The second-order valence-electron chi connectivity index (χ2n) is 5.00. The van der Waals surface area contributed by atoms with Crippen LogP contribution in [0.25, 0.3) is 10.9 Å². The van der Waals surface area contributed by atoms with Crippen LogP contribution in [0.3, 0.4) is 0 Å². The maximum Gasteiger partial charge on any atom is 0.268 e. The summed E-state index contributed by atoms with van der Waals surface area (Å²) in [4.78, 5) is 24.5. The monoisotopic (exact) mass is 330 g/mol. The van der Waals surface area contributed by atoms with Gasteiger partial charge in [0.2, 0.25) is 5.91 Å². The third kappa shape index (κ3) is 3.85. The summed E-state index contributed by atoms with van der Waals surface area (Å²) in [6, 6.07) is 10.7. The molecule has 0 bridgehead atoms. The van der Waals surface area contributed by atoms with E-state index >= 15 is 0 Å². The van der Waals surface area contributed by atoms with E-state index in [9.17, 15) is 9.59 Å². The molecule has 120 valence electrons. The highest BCUT2D eigenvalue weighted by atomic mass is 32.2. The van der Waals surface area contributed by atoms with Crippen LogP contribution in [0.15, 0.2) is 30.3 Å². The Bertz CT molecular complexity index is 763. The average molecular weight is 330 g/mol. The molecular weight excluding hydrogens is 312 g/mol. The van der Waals surface area contributed by atoms with Gasteiger partial charge in [0.05, 0.1) is 6.07 Å². The molecule has 1 heterocycles. The first-order valence-corrected chi connectivity index (χ1v) is 8.46. The standard InChI is InChI=1S/C16H18N4O2S/c1-20-13-6-4-3-5-11(13)9-14(20)16(22)19-12(10-23-2)15(21)18-8-7-17/h3-6,9,12H,8,10H2,1-2H3,(H,18,21)(H,19,22). The van der Waals surface area contributed by atoms with E-state index in [4.69, 9.17) is 5.26 Å². The number of carbonyl (C=O) groups excluding carboxylic acids is 2. The molecule has 23 heavy (non-hydrogen) atoms. The Morgan fingerprint density at radius 2 is 2.13 bits per heavy atom. The van der Waals surface area contributed by atoms with Crippen LogP contribution in [0, 0.1) is 11.3 Å². The van der Waals surface area contributed by atoms with Gasteiger partial charge in [0.1, 0.15) is 18.3 Å². The molecule has 2 amide bonds. The third-order valence-electron chi connectivity index (χ3n) is 3.48. The Morgan fingerprint density at radius 3 is 2.78 bits per heavy atom. The normalized spacial score (nSPS) is 11.7. The van der Waals surface area contributed by atoms with E-state index in [2.05, 4.69) is 10.6 Å². The summed E-state index contributed by atoms with van der Waals surface area (Å²) in [6.07, 6.45) is 1.85. The Balaban J connectivity index is 2.18. The second kappa shape index (κ2) is 7.70. The second-order valence-corrected chi connectivity index (χ2v) is 5.92. The number of rotatable bonds is 6. The predicted octanol–water partition coefficient (Wildman–Crippen LogP) is 1.28. The van der Waals surface area contributed by atoms with E-state index in [1.165, 1.54) is 11.8 Å². The zero-order valence-corrected chi connectivity index (χ0v) is 13.8. The summed E-state index contributed by atoms with van der Waals surface area (Å²) in [7, 11) is 1.82. The fraction of sp³-hybridized carbons (Fsp3) is 0.312. The molecule has 0 saturated carbocycles. The number of benzene rings is 1. The molecule has 0 aliphatic rings. The number of nitrogens with zero attached hydrogens (tertiary/aromatic N) is 2. The van der Waals surface area contributed by atoms with Gasteiger partial charge in [-0.05, 0) is 18.4 Å². The molecule has 6 nitrogen and oxygen atoms in total. The van der Waals surface area contributed by atoms with Crippen LogP contribution >= 0.6 is 11.8 Å². The largest absolute Gasteiger partial charge is 0.341 e. The van der Waals surface area contributed by atoms with E-state index in [1.807, 2.05) is 43.6 Å². The topological polar surface area (TPSA) is 86.9 Å². The minimum atomic E-state index is -0.677. The van der Waals surface area contributed by atoms with Gasteiger partial charge in [0.15, 0.2) is 0 Å². The number of hydrogen-bond acceptors (Lipinski definition) is 4. The lowest BCUT2D eigenvalue weighted by molar-refractivity contribution is -0.122. The highest BCUT2D eigenvalue weighted by Crippen LogP contribution is 2.18. The minimum Gasteiger partial charge on any atom is -0.341 e. The lowest BCUT2D eigenvalue weighted by Crippen LogP contribution is -2.48. The number of nitrogens with one attached hydrogen (secondary N) is 2. The highest BCUT2D eigenvalue weighted by molar-refractivity contribution is 7.98. The smallest absolute Gasteiger partial charge is 0.268 e. The summed E-state index contributed by atoms with van der Waals surface area (Å²) < 4.78 is 1.80. The highest BCUT2D eigenvalue weighted by Gasteiger charge is 2.22.